The van der Waals surface area contributed by atoms with Gasteiger partial charge in [0.15, 0.2) is 0 Å². The average molecular weight is 218 g/mol. The van der Waals surface area contributed by atoms with Crippen LogP contribution >= 0.6 is 0 Å². The normalized spacial score (nSPS) is 27.1. The Morgan fingerprint density at radius 3 is 2.62 bits per heavy atom. The van der Waals surface area contributed by atoms with Crippen molar-refractivity contribution in [2.75, 3.05) is 6.61 Å². The van der Waals surface area contributed by atoms with Crippen LogP contribution in [0, 0.1) is 17.3 Å². The first-order valence-electron chi connectivity index (χ1n) is 5.80. The molecule has 0 aliphatic heterocycles. The molecule has 3 unspecified atom stereocenters. The highest BCUT2D eigenvalue weighted by Crippen LogP contribution is 2.51. The third kappa shape index (κ3) is 2.17. The standard InChI is InChI=1S/C14H18O2/c1-14(10-16,13-7-12(13)9-15)8-11-5-3-2-4-6-11/h2-6,9,12-13,16H,7-8,10H2,1H3. The second kappa shape index (κ2) is 4.38. The van der Waals surface area contributed by atoms with Gasteiger partial charge in [-0.3, -0.25) is 0 Å². The Morgan fingerprint density at radius 2 is 2.12 bits per heavy atom. The van der Waals surface area contributed by atoms with E-state index >= 15 is 0 Å². The van der Waals surface area contributed by atoms with E-state index in [9.17, 15) is 9.90 Å². The lowest BCUT2D eigenvalue weighted by atomic mass is 9.79. The summed E-state index contributed by atoms with van der Waals surface area (Å²) in [7, 11) is 0. The lowest BCUT2D eigenvalue weighted by molar-refractivity contribution is -0.109. The summed E-state index contributed by atoms with van der Waals surface area (Å²) < 4.78 is 0. The van der Waals surface area contributed by atoms with Crippen LogP contribution in [0.2, 0.25) is 0 Å². The van der Waals surface area contributed by atoms with Crippen molar-refractivity contribution >= 4 is 6.29 Å². The van der Waals surface area contributed by atoms with Crippen LogP contribution in [-0.2, 0) is 11.2 Å². The number of hydrogen-bond acceptors (Lipinski definition) is 2. The lowest BCUT2D eigenvalue weighted by Crippen LogP contribution is -2.28. The van der Waals surface area contributed by atoms with Gasteiger partial charge in [0, 0.05) is 12.5 Å². The van der Waals surface area contributed by atoms with Crippen LogP contribution in [0.25, 0.3) is 0 Å². The maximum Gasteiger partial charge on any atom is 0.123 e. The Bertz CT molecular complexity index is 360. The fourth-order valence-electron chi connectivity index (χ4n) is 2.53. The Kier molecular flexibility index (Phi) is 3.10. The average Bonchev–Trinajstić information content (AvgIpc) is 3.10. The number of carbonyl (C=O) groups is 1. The molecule has 0 radical (unpaired) electrons. The molecule has 0 aromatic heterocycles. The molecule has 0 heterocycles. The first-order chi connectivity index (χ1) is 7.69. The van der Waals surface area contributed by atoms with Crippen molar-refractivity contribution in [3.63, 3.8) is 0 Å². The van der Waals surface area contributed by atoms with Crippen LogP contribution in [0.1, 0.15) is 18.9 Å². The number of rotatable bonds is 5. The summed E-state index contributed by atoms with van der Waals surface area (Å²) in [6.45, 7) is 2.23. The van der Waals surface area contributed by atoms with Gasteiger partial charge in [0.05, 0.1) is 0 Å². The summed E-state index contributed by atoms with van der Waals surface area (Å²) >= 11 is 0. The minimum atomic E-state index is -0.146. The van der Waals surface area contributed by atoms with Crippen molar-refractivity contribution in [2.45, 2.75) is 19.8 Å². The fourth-order valence-corrected chi connectivity index (χ4v) is 2.53. The molecule has 1 aromatic rings. The van der Waals surface area contributed by atoms with E-state index in [4.69, 9.17) is 0 Å². The molecule has 2 heteroatoms. The minimum Gasteiger partial charge on any atom is -0.396 e. The largest absolute Gasteiger partial charge is 0.396 e. The second-order valence-corrected chi connectivity index (χ2v) is 5.12. The van der Waals surface area contributed by atoms with E-state index in [2.05, 4.69) is 19.1 Å². The molecule has 1 aliphatic carbocycles. The Morgan fingerprint density at radius 1 is 1.44 bits per heavy atom. The van der Waals surface area contributed by atoms with E-state index in [0.717, 1.165) is 19.1 Å². The number of hydrogen-bond donors (Lipinski definition) is 1. The predicted molar refractivity (Wildman–Crippen MR) is 63.0 cm³/mol. The molecule has 1 aliphatic rings. The zero-order chi connectivity index (χ0) is 11.6. The maximum absolute atomic E-state index is 10.7. The molecule has 0 bridgehead atoms. The smallest absolute Gasteiger partial charge is 0.123 e. The lowest BCUT2D eigenvalue weighted by Gasteiger charge is -2.27. The van der Waals surface area contributed by atoms with Crippen LogP contribution in [-0.4, -0.2) is 18.0 Å². The van der Waals surface area contributed by atoms with Crippen molar-refractivity contribution in [3.8, 4) is 0 Å². The van der Waals surface area contributed by atoms with Crippen molar-refractivity contribution in [3.05, 3.63) is 35.9 Å². The van der Waals surface area contributed by atoms with Gasteiger partial charge in [0.2, 0.25) is 0 Å². The molecule has 0 saturated heterocycles. The molecule has 16 heavy (non-hydrogen) atoms. The van der Waals surface area contributed by atoms with Crippen molar-refractivity contribution in [1.29, 1.82) is 0 Å². The van der Waals surface area contributed by atoms with Gasteiger partial charge in [0.1, 0.15) is 6.29 Å². The number of aliphatic hydroxyl groups excluding tert-OH is 1. The van der Waals surface area contributed by atoms with Gasteiger partial charge in [-0.1, -0.05) is 37.3 Å². The Hall–Kier alpha value is -1.15. The van der Waals surface area contributed by atoms with E-state index in [0.29, 0.717) is 5.92 Å². The van der Waals surface area contributed by atoms with Gasteiger partial charge in [-0.05, 0) is 29.7 Å². The van der Waals surface area contributed by atoms with Crippen LogP contribution < -0.4 is 0 Å². The van der Waals surface area contributed by atoms with Gasteiger partial charge in [-0.25, -0.2) is 0 Å². The van der Waals surface area contributed by atoms with E-state index in [-0.39, 0.29) is 17.9 Å². The van der Waals surface area contributed by atoms with Crippen molar-refractivity contribution in [2.24, 2.45) is 17.3 Å². The number of carbonyl (C=O) groups excluding carboxylic acids is 1. The van der Waals surface area contributed by atoms with E-state index < -0.39 is 0 Å². The van der Waals surface area contributed by atoms with Gasteiger partial charge in [0.25, 0.3) is 0 Å². The zero-order valence-electron chi connectivity index (χ0n) is 9.60. The third-order valence-corrected chi connectivity index (χ3v) is 3.72. The summed E-state index contributed by atoms with van der Waals surface area (Å²) in [4.78, 5) is 10.7. The molecule has 2 nitrogen and oxygen atoms in total. The van der Waals surface area contributed by atoms with Gasteiger partial charge in [-0.2, -0.15) is 0 Å². The van der Waals surface area contributed by atoms with E-state index in [1.165, 1.54) is 5.56 Å². The van der Waals surface area contributed by atoms with Crippen LogP contribution in [0.3, 0.4) is 0 Å². The van der Waals surface area contributed by atoms with Crippen LogP contribution in [0.15, 0.2) is 30.3 Å². The molecule has 1 saturated carbocycles. The Labute approximate surface area is 96.3 Å². The fraction of sp³-hybridized carbons (Fsp3) is 0.500. The minimum absolute atomic E-state index is 0.146. The molecule has 1 fully saturated rings. The van der Waals surface area contributed by atoms with Crippen molar-refractivity contribution in [1.82, 2.24) is 0 Å². The predicted octanol–water partition coefficient (Wildman–Crippen LogP) is 2.06. The van der Waals surface area contributed by atoms with Gasteiger partial charge in [-0.15, -0.1) is 0 Å². The summed E-state index contributed by atoms with van der Waals surface area (Å²) in [6.07, 6.45) is 2.82. The van der Waals surface area contributed by atoms with E-state index in [1.807, 2.05) is 18.2 Å². The molecular formula is C14H18O2. The SMILES string of the molecule is CC(CO)(Cc1ccccc1)C1CC1C=O. The summed E-state index contributed by atoms with van der Waals surface area (Å²) in [5, 5.41) is 9.55. The third-order valence-electron chi connectivity index (χ3n) is 3.72. The molecule has 1 aromatic carbocycles. The Balaban J connectivity index is 2.08. The van der Waals surface area contributed by atoms with Crippen LogP contribution in [0.4, 0.5) is 0 Å². The second-order valence-electron chi connectivity index (χ2n) is 5.12. The topological polar surface area (TPSA) is 37.3 Å². The summed E-state index contributed by atoms with van der Waals surface area (Å²) in [6, 6.07) is 10.2. The number of benzene rings is 1. The highest BCUT2D eigenvalue weighted by atomic mass is 16.3. The molecule has 3 atom stereocenters. The number of aldehydes is 1. The molecule has 1 N–H and O–H groups in total. The van der Waals surface area contributed by atoms with Gasteiger partial charge < -0.3 is 9.90 Å². The van der Waals surface area contributed by atoms with Gasteiger partial charge >= 0.3 is 0 Å². The van der Waals surface area contributed by atoms with E-state index in [1.54, 1.807) is 0 Å². The summed E-state index contributed by atoms with van der Waals surface area (Å²) in [5.41, 5.74) is 1.09. The monoisotopic (exact) mass is 218 g/mol. The maximum atomic E-state index is 10.7. The highest BCUT2D eigenvalue weighted by Gasteiger charge is 2.49. The summed E-state index contributed by atoms with van der Waals surface area (Å²) in [5.74, 6) is 0.524. The zero-order valence-corrected chi connectivity index (χ0v) is 9.60. The number of aliphatic hydroxyl groups is 1. The molecule has 0 amide bonds. The molecular weight excluding hydrogens is 200 g/mol. The first kappa shape index (κ1) is 11.3. The molecule has 86 valence electrons. The molecule has 2 rings (SSSR count). The highest BCUT2D eigenvalue weighted by molar-refractivity contribution is 5.58. The first-order valence-corrected chi connectivity index (χ1v) is 5.80. The molecule has 0 spiro atoms. The van der Waals surface area contributed by atoms with Crippen molar-refractivity contribution < 1.29 is 9.90 Å². The quantitative estimate of drug-likeness (QED) is 0.768. The van der Waals surface area contributed by atoms with Crippen LogP contribution in [0.5, 0.6) is 0 Å².